The van der Waals surface area contributed by atoms with Gasteiger partial charge in [-0.2, -0.15) is 0 Å². The fourth-order valence-electron chi connectivity index (χ4n) is 2.31. The zero-order valence-corrected chi connectivity index (χ0v) is 13.9. The standard InChI is InChI=1S/C17H17FN2O3S/c1-12(17-20-15-8-4-5-9-16(15)23-17)10-19-24(21,22)11-13-6-2-3-7-14(13)18/h2-9,12,19H,10-11H2,1H3/t12-/m1/s1. The molecule has 0 bridgehead atoms. The van der Waals surface area contributed by atoms with E-state index < -0.39 is 21.6 Å². The minimum absolute atomic E-state index is 0.129. The first-order valence-electron chi connectivity index (χ1n) is 7.51. The Morgan fingerprint density at radius 2 is 1.88 bits per heavy atom. The van der Waals surface area contributed by atoms with Crippen LogP contribution in [0.3, 0.4) is 0 Å². The van der Waals surface area contributed by atoms with Crippen molar-refractivity contribution >= 4 is 21.1 Å². The smallest absolute Gasteiger partial charge is 0.215 e. The summed E-state index contributed by atoms with van der Waals surface area (Å²) in [6.07, 6.45) is 0. The Labute approximate surface area is 139 Å². The number of sulfonamides is 1. The summed E-state index contributed by atoms with van der Waals surface area (Å²) in [5, 5.41) is 0. The van der Waals surface area contributed by atoms with Gasteiger partial charge in [-0.15, -0.1) is 0 Å². The quantitative estimate of drug-likeness (QED) is 0.742. The average molecular weight is 348 g/mol. The molecule has 0 saturated heterocycles. The number of hydrogen-bond acceptors (Lipinski definition) is 4. The van der Waals surface area contributed by atoms with Crippen LogP contribution in [0.15, 0.2) is 52.9 Å². The number of rotatable bonds is 6. The van der Waals surface area contributed by atoms with Crippen molar-refractivity contribution in [3.8, 4) is 0 Å². The number of halogens is 1. The summed E-state index contributed by atoms with van der Waals surface area (Å²) in [7, 11) is -3.65. The molecule has 24 heavy (non-hydrogen) atoms. The van der Waals surface area contributed by atoms with Gasteiger partial charge in [-0.1, -0.05) is 37.3 Å². The van der Waals surface area contributed by atoms with Crippen LogP contribution in [0.2, 0.25) is 0 Å². The lowest BCUT2D eigenvalue weighted by molar-refractivity contribution is 0.480. The molecule has 0 aliphatic rings. The first kappa shape index (κ1) is 16.6. The predicted octanol–water partition coefficient (Wildman–Crippen LogP) is 3.19. The maximum Gasteiger partial charge on any atom is 0.215 e. The Hall–Kier alpha value is -2.25. The van der Waals surface area contributed by atoms with Crippen molar-refractivity contribution in [2.75, 3.05) is 6.54 Å². The molecule has 1 atom stereocenters. The minimum Gasteiger partial charge on any atom is -0.440 e. The Kier molecular flexibility index (Phi) is 4.64. The zero-order chi connectivity index (χ0) is 17.2. The van der Waals surface area contributed by atoms with E-state index >= 15 is 0 Å². The normalized spacial score (nSPS) is 13.2. The summed E-state index contributed by atoms with van der Waals surface area (Å²) in [5.74, 6) is -0.715. The van der Waals surface area contributed by atoms with Crippen molar-refractivity contribution in [1.82, 2.24) is 9.71 Å². The maximum atomic E-state index is 13.6. The van der Waals surface area contributed by atoms with Crippen LogP contribution in [0.1, 0.15) is 24.3 Å². The molecule has 126 valence electrons. The number of fused-ring (bicyclic) bond motifs is 1. The highest BCUT2D eigenvalue weighted by molar-refractivity contribution is 7.88. The Morgan fingerprint density at radius 1 is 1.17 bits per heavy atom. The van der Waals surface area contributed by atoms with Gasteiger partial charge in [-0.25, -0.2) is 22.5 Å². The van der Waals surface area contributed by atoms with Crippen LogP contribution < -0.4 is 4.72 Å². The Balaban J connectivity index is 1.66. The molecule has 0 spiro atoms. The predicted molar refractivity (Wildman–Crippen MR) is 89.5 cm³/mol. The lowest BCUT2D eigenvalue weighted by atomic mass is 10.2. The van der Waals surface area contributed by atoms with Crippen LogP contribution in [0.4, 0.5) is 4.39 Å². The van der Waals surface area contributed by atoms with Crippen molar-refractivity contribution in [3.05, 3.63) is 65.8 Å². The lowest BCUT2D eigenvalue weighted by Gasteiger charge is -2.10. The molecule has 1 N–H and O–H groups in total. The van der Waals surface area contributed by atoms with Gasteiger partial charge in [0.25, 0.3) is 0 Å². The van der Waals surface area contributed by atoms with Gasteiger partial charge in [-0.05, 0) is 18.2 Å². The molecule has 3 aromatic rings. The number of hydrogen-bond donors (Lipinski definition) is 1. The third-order valence-electron chi connectivity index (χ3n) is 3.64. The maximum absolute atomic E-state index is 13.6. The summed E-state index contributed by atoms with van der Waals surface area (Å²) in [5.41, 5.74) is 1.53. The summed E-state index contributed by atoms with van der Waals surface area (Å²) in [6, 6.07) is 13.2. The highest BCUT2D eigenvalue weighted by Gasteiger charge is 2.18. The largest absolute Gasteiger partial charge is 0.440 e. The van der Waals surface area contributed by atoms with E-state index in [0.717, 1.165) is 5.52 Å². The average Bonchev–Trinajstić information content (AvgIpc) is 2.99. The van der Waals surface area contributed by atoms with Gasteiger partial charge in [-0.3, -0.25) is 0 Å². The monoisotopic (exact) mass is 348 g/mol. The number of nitrogens with one attached hydrogen (secondary N) is 1. The summed E-state index contributed by atoms with van der Waals surface area (Å²) in [6.45, 7) is 1.94. The number of benzene rings is 2. The highest BCUT2D eigenvalue weighted by atomic mass is 32.2. The Morgan fingerprint density at radius 3 is 2.62 bits per heavy atom. The van der Waals surface area contributed by atoms with E-state index in [1.807, 2.05) is 25.1 Å². The van der Waals surface area contributed by atoms with Gasteiger partial charge in [0.15, 0.2) is 11.5 Å². The first-order chi connectivity index (χ1) is 11.4. The van der Waals surface area contributed by atoms with Crippen LogP contribution in [-0.2, 0) is 15.8 Å². The van der Waals surface area contributed by atoms with Crippen LogP contribution in [0.25, 0.3) is 11.1 Å². The second-order valence-electron chi connectivity index (χ2n) is 5.62. The molecule has 0 unspecified atom stereocenters. The SMILES string of the molecule is C[C@H](CNS(=O)(=O)Cc1ccccc1F)c1nc2ccccc2o1. The van der Waals surface area contributed by atoms with E-state index in [0.29, 0.717) is 11.5 Å². The molecule has 0 aliphatic heterocycles. The van der Waals surface area contributed by atoms with E-state index in [1.165, 1.54) is 18.2 Å². The second-order valence-corrected chi connectivity index (χ2v) is 7.43. The second kappa shape index (κ2) is 6.70. The molecular weight excluding hydrogens is 331 g/mol. The fourth-order valence-corrected chi connectivity index (χ4v) is 3.56. The van der Waals surface area contributed by atoms with Crippen LogP contribution >= 0.6 is 0 Å². The third-order valence-corrected chi connectivity index (χ3v) is 4.94. The number of nitrogens with zero attached hydrogens (tertiary/aromatic N) is 1. The van der Waals surface area contributed by atoms with Gasteiger partial charge in [0.2, 0.25) is 10.0 Å². The van der Waals surface area contributed by atoms with Gasteiger partial charge < -0.3 is 4.42 Å². The molecule has 3 rings (SSSR count). The molecule has 2 aromatic carbocycles. The summed E-state index contributed by atoms with van der Waals surface area (Å²) < 4.78 is 46.0. The van der Waals surface area contributed by atoms with Crippen LogP contribution in [0, 0.1) is 5.82 Å². The third kappa shape index (κ3) is 3.80. The van der Waals surface area contributed by atoms with E-state index in [1.54, 1.807) is 12.1 Å². The van der Waals surface area contributed by atoms with E-state index in [4.69, 9.17) is 4.42 Å². The number of para-hydroxylation sites is 2. The lowest BCUT2D eigenvalue weighted by Crippen LogP contribution is -2.29. The van der Waals surface area contributed by atoms with Crippen molar-refractivity contribution < 1.29 is 17.2 Å². The Bertz CT molecular complexity index is 920. The number of aromatic nitrogens is 1. The van der Waals surface area contributed by atoms with E-state index in [2.05, 4.69) is 9.71 Å². The number of oxazole rings is 1. The molecule has 7 heteroatoms. The molecule has 0 radical (unpaired) electrons. The molecule has 1 heterocycles. The molecule has 0 saturated carbocycles. The molecule has 1 aromatic heterocycles. The molecule has 0 amide bonds. The fraction of sp³-hybridized carbons (Fsp3) is 0.235. The van der Waals surface area contributed by atoms with Crippen molar-refractivity contribution in [3.63, 3.8) is 0 Å². The van der Waals surface area contributed by atoms with Gasteiger partial charge in [0, 0.05) is 18.0 Å². The van der Waals surface area contributed by atoms with Gasteiger partial charge >= 0.3 is 0 Å². The van der Waals surface area contributed by atoms with Crippen LogP contribution in [0.5, 0.6) is 0 Å². The van der Waals surface area contributed by atoms with Crippen molar-refractivity contribution in [2.24, 2.45) is 0 Å². The zero-order valence-electron chi connectivity index (χ0n) is 13.1. The highest BCUT2D eigenvalue weighted by Crippen LogP contribution is 2.21. The van der Waals surface area contributed by atoms with Gasteiger partial charge in [0.05, 0.1) is 5.75 Å². The topological polar surface area (TPSA) is 72.2 Å². The summed E-state index contributed by atoms with van der Waals surface area (Å²) >= 11 is 0. The minimum atomic E-state index is -3.65. The molecular formula is C17H17FN2O3S. The molecule has 5 nitrogen and oxygen atoms in total. The molecule has 0 fully saturated rings. The van der Waals surface area contributed by atoms with Crippen molar-refractivity contribution in [1.29, 1.82) is 0 Å². The first-order valence-corrected chi connectivity index (χ1v) is 9.16. The van der Waals surface area contributed by atoms with Crippen molar-refractivity contribution in [2.45, 2.75) is 18.6 Å². The van der Waals surface area contributed by atoms with Crippen LogP contribution in [-0.4, -0.2) is 19.9 Å². The van der Waals surface area contributed by atoms with Gasteiger partial charge in [0.1, 0.15) is 11.3 Å². The van der Waals surface area contributed by atoms with E-state index in [-0.39, 0.29) is 18.0 Å². The van der Waals surface area contributed by atoms with E-state index in [9.17, 15) is 12.8 Å². The molecule has 0 aliphatic carbocycles. The summed E-state index contributed by atoms with van der Waals surface area (Å²) in [4.78, 5) is 4.35.